The van der Waals surface area contributed by atoms with Gasteiger partial charge < -0.3 is 19.9 Å². The normalized spacial score (nSPS) is 18.2. The maximum absolute atomic E-state index is 15.4. The van der Waals surface area contributed by atoms with E-state index in [4.69, 9.17) is 4.74 Å². The predicted molar refractivity (Wildman–Crippen MR) is 185 cm³/mol. The molecule has 1 amide bonds. The fourth-order valence-corrected chi connectivity index (χ4v) is 7.01. The summed E-state index contributed by atoms with van der Waals surface area (Å²) in [6.45, 7) is 2.09. The van der Waals surface area contributed by atoms with E-state index in [1.165, 1.54) is 34.9 Å². The number of aromatic nitrogens is 4. The largest absolute Gasteiger partial charge is 0.417 e. The van der Waals surface area contributed by atoms with E-state index in [9.17, 15) is 22.8 Å². The molecule has 52 heavy (non-hydrogen) atoms. The van der Waals surface area contributed by atoms with Crippen molar-refractivity contribution in [3.05, 3.63) is 94.7 Å². The van der Waals surface area contributed by atoms with Crippen LogP contribution in [-0.2, 0) is 22.8 Å². The van der Waals surface area contributed by atoms with Crippen LogP contribution in [0.1, 0.15) is 77.6 Å². The summed E-state index contributed by atoms with van der Waals surface area (Å²) in [6, 6.07) is 7.37. The van der Waals surface area contributed by atoms with E-state index in [0.29, 0.717) is 41.9 Å². The number of hydrogen-bond donors (Lipinski definition) is 2. The molecule has 272 valence electrons. The zero-order valence-electron chi connectivity index (χ0n) is 28.8. The van der Waals surface area contributed by atoms with Gasteiger partial charge in [0.05, 0.1) is 28.4 Å². The molecule has 0 bridgehead atoms. The highest BCUT2D eigenvalue weighted by molar-refractivity contribution is 6.10. The number of imidazole rings is 2. The van der Waals surface area contributed by atoms with Crippen molar-refractivity contribution in [2.45, 2.75) is 69.7 Å². The zero-order valence-corrected chi connectivity index (χ0v) is 28.8. The fourth-order valence-electron chi connectivity index (χ4n) is 7.01. The molecule has 2 saturated carbocycles. The zero-order chi connectivity index (χ0) is 36.9. The Labute approximate surface area is 295 Å². The summed E-state index contributed by atoms with van der Waals surface area (Å²) in [6.07, 6.45) is 4.95. The number of aryl methyl sites for hydroxylation is 2. The minimum Gasteiger partial charge on any atom is -0.381 e. The van der Waals surface area contributed by atoms with Crippen molar-refractivity contribution < 1.29 is 36.3 Å². The second-order valence-electron chi connectivity index (χ2n) is 13.5. The third-order valence-corrected chi connectivity index (χ3v) is 10.0. The Morgan fingerprint density at radius 3 is 2.37 bits per heavy atom. The first-order valence-electron chi connectivity index (χ1n) is 17.2. The molecule has 9 nitrogen and oxygen atoms in total. The molecule has 0 radical (unpaired) electrons. The van der Waals surface area contributed by atoms with Gasteiger partial charge in [-0.3, -0.25) is 14.0 Å². The highest BCUT2D eigenvalue weighted by atomic mass is 19.4. The summed E-state index contributed by atoms with van der Waals surface area (Å²) in [5, 5.41) is 5.55. The van der Waals surface area contributed by atoms with Gasteiger partial charge in [0.15, 0.2) is 0 Å². The monoisotopic (exact) mass is 720 g/mol. The first-order valence-corrected chi connectivity index (χ1v) is 17.2. The molecule has 2 aliphatic rings. The number of nitrogens with one attached hydrogen (secondary N) is 2. The second-order valence-corrected chi connectivity index (χ2v) is 13.5. The van der Waals surface area contributed by atoms with Crippen LogP contribution in [0.4, 0.5) is 27.6 Å². The molecule has 0 saturated heterocycles. The minimum atomic E-state index is -4.72. The molecule has 3 heterocycles. The van der Waals surface area contributed by atoms with E-state index >= 15 is 8.78 Å². The van der Waals surface area contributed by atoms with E-state index in [0.717, 1.165) is 43.9 Å². The smallest absolute Gasteiger partial charge is 0.381 e. The molecule has 5 aromatic rings. The van der Waals surface area contributed by atoms with Crippen molar-refractivity contribution in [2.75, 3.05) is 19.0 Å². The number of carbonyl (C=O) groups excluding carboxylic acids is 2. The first-order chi connectivity index (χ1) is 24.8. The number of nitrogens with zero attached hydrogens (tertiary/aromatic N) is 4. The van der Waals surface area contributed by atoms with E-state index in [1.54, 1.807) is 31.7 Å². The van der Waals surface area contributed by atoms with E-state index in [2.05, 4.69) is 20.6 Å². The average molecular weight is 721 g/mol. The van der Waals surface area contributed by atoms with Gasteiger partial charge >= 0.3 is 6.18 Å². The van der Waals surface area contributed by atoms with Crippen LogP contribution in [0.2, 0.25) is 0 Å². The van der Waals surface area contributed by atoms with Crippen LogP contribution in [0.3, 0.4) is 0 Å². The number of alkyl halides is 3. The highest BCUT2D eigenvalue weighted by Gasteiger charge is 2.37. The lowest BCUT2D eigenvalue weighted by molar-refractivity contribution is -0.137. The third kappa shape index (κ3) is 6.84. The summed E-state index contributed by atoms with van der Waals surface area (Å²) >= 11 is 0. The molecule has 3 aromatic heterocycles. The molecule has 0 unspecified atom stereocenters. The molecule has 2 N–H and O–H groups in total. The van der Waals surface area contributed by atoms with Crippen LogP contribution in [0.25, 0.3) is 27.8 Å². The van der Waals surface area contributed by atoms with Gasteiger partial charge in [0.2, 0.25) is 11.7 Å². The van der Waals surface area contributed by atoms with Crippen molar-refractivity contribution in [2.24, 2.45) is 7.05 Å². The molecule has 2 aromatic carbocycles. The number of ether oxygens (including phenoxy) is 1. The van der Waals surface area contributed by atoms with Gasteiger partial charge in [-0.25, -0.2) is 18.7 Å². The first kappa shape index (κ1) is 35.5. The SMILES string of the molecule is COC1CCC(NC/C=C/C(=O)Nc2c(F)cc(C(=O)c3c(C4CC4)nc4c(-c5cc6nc(C)n(C)c6cc5C(F)(F)F)cccn34)cc2F)CC1. The molecule has 2 fully saturated rings. The van der Waals surface area contributed by atoms with Gasteiger partial charge in [0.25, 0.3) is 0 Å². The van der Waals surface area contributed by atoms with Crippen molar-refractivity contribution in [3.8, 4) is 11.1 Å². The number of ketones is 1. The van der Waals surface area contributed by atoms with Crippen LogP contribution in [0.5, 0.6) is 0 Å². The molecule has 14 heteroatoms. The quantitative estimate of drug-likeness (QED) is 0.0874. The average Bonchev–Trinajstić information content (AvgIpc) is 3.83. The van der Waals surface area contributed by atoms with Crippen LogP contribution >= 0.6 is 0 Å². The number of amides is 1. The summed E-state index contributed by atoms with van der Waals surface area (Å²) in [5.74, 6) is -3.44. The lowest BCUT2D eigenvalue weighted by atomic mass is 9.93. The summed E-state index contributed by atoms with van der Waals surface area (Å²) in [4.78, 5) is 35.7. The van der Waals surface area contributed by atoms with E-state index in [1.807, 2.05) is 0 Å². The molecular formula is C38H37F5N6O3. The molecule has 2 aliphatic carbocycles. The van der Waals surface area contributed by atoms with Crippen molar-refractivity contribution in [1.29, 1.82) is 0 Å². The topological polar surface area (TPSA) is 103 Å². The maximum Gasteiger partial charge on any atom is 0.417 e. The Hall–Kier alpha value is -4.95. The summed E-state index contributed by atoms with van der Waals surface area (Å²) in [5.41, 5.74) is -0.867. The van der Waals surface area contributed by atoms with Crippen LogP contribution in [0.15, 0.2) is 54.7 Å². The minimum absolute atomic E-state index is 0.00407. The number of hydrogen-bond acceptors (Lipinski definition) is 6. The lowest BCUT2D eigenvalue weighted by Crippen LogP contribution is -2.35. The predicted octanol–water partition coefficient (Wildman–Crippen LogP) is 7.64. The standard InChI is InChI=1S/C38H37F5N6O3/c1-20-45-30-18-26(27(38(41,42)43)19-31(30)48(20)2)25-6-5-15-49-35(33(21-8-9-21)47-37(25)49)36(51)22-16-28(39)34(29(40)17-22)46-32(50)7-4-14-44-23-10-12-24(52-3)13-11-23/h4-7,15-19,21,23-24,44H,8-14H2,1-3H3,(H,46,50)/b7-4+. The van der Waals surface area contributed by atoms with Crippen LogP contribution in [-0.4, -0.2) is 56.4 Å². The van der Waals surface area contributed by atoms with E-state index in [-0.39, 0.29) is 46.1 Å². The van der Waals surface area contributed by atoms with Gasteiger partial charge in [0, 0.05) is 56.1 Å². The second kappa shape index (κ2) is 13.9. The van der Waals surface area contributed by atoms with E-state index < -0.39 is 40.8 Å². The summed E-state index contributed by atoms with van der Waals surface area (Å²) < 4.78 is 82.6. The number of halogens is 5. The molecular weight excluding hydrogens is 683 g/mol. The maximum atomic E-state index is 15.4. The number of carbonyl (C=O) groups is 2. The number of benzene rings is 2. The van der Waals surface area contributed by atoms with Crippen molar-refractivity contribution >= 4 is 34.1 Å². The van der Waals surface area contributed by atoms with Gasteiger partial charge in [-0.1, -0.05) is 6.08 Å². The Morgan fingerprint density at radius 1 is 1.00 bits per heavy atom. The van der Waals surface area contributed by atoms with Gasteiger partial charge in [-0.2, -0.15) is 13.2 Å². The molecule has 0 spiro atoms. The molecule has 0 atom stereocenters. The summed E-state index contributed by atoms with van der Waals surface area (Å²) in [7, 11) is 3.34. The number of rotatable bonds is 10. The van der Waals surface area contributed by atoms with Crippen molar-refractivity contribution in [1.82, 2.24) is 24.3 Å². The van der Waals surface area contributed by atoms with Crippen LogP contribution < -0.4 is 10.6 Å². The van der Waals surface area contributed by atoms with Gasteiger partial charge in [-0.15, -0.1) is 0 Å². The van der Waals surface area contributed by atoms with Gasteiger partial charge in [0.1, 0.15) is 34.5 Å². The van der Waals surface area contributed by atoms with Gasteiger partial charge in [-0.05, 0) is 87.4 Å². The van der Waals surface area contributed by atoms with Crippen molar-refractivity contribution in [3.63, 3.8) is 0 Å². The Balaban J connectivity index is 1.17. The molecule has 7 rings (SSSR count). The third-order valence-electron chi connectivity index (χ3n) is 10.0. The highest BCUT2D eigenvalue weighted by Crippen LogP contribution is 2.45. The number of pyridine rings is 1. The molecule has 0 aliphatic heterocycles. The Kier molecular flexibility index (Phi) is 9.46. The fraction of sp³-hybridized carbons (Fsp3) is 0.368. The lowest BCUT2D eigenvalue weighted by Gasteiger charge is -2.27. The Morgan fingerprint density at radius 2 is 1.71 bits per heavy atom. The number of methoxy groups -OCH3 is 1. The Bertz CT molecular complexity index is 2200. The number of anilines is 1. The van der Waals surface area contributed by atoms with Crippen LogP contribution in [0, 0.1) is 18.6 Å². The number of fused-ring (bicyclic) bond motifs is 2.